The van der Waals surface area contributed by atoms with Gasteiger partial charge in [-0.2, -0.15) is 4.31 Å². The Labute approximate surface area is 190 Å². The van der Waals surface area contributed by atoms with Crippen LogP contribution < -0.4 is 16.2 Å². The standard InChI is InChI=1S/C22H34N6O3S/c1-4-28(5-2)32(30,31)16-9-10-19-18(13-16)24-20(27(19)3)11-12-21(29)25-17-8-6-7-15-14-23-26-22(15)17/h9-10,13,15,17,22-23,26H,4-8,11-12,14H2,1-3H3,(H,25,29). The number of imidazole rings is 1. The second kappa shape index (κ2) is 9.46. The Balaban J connectivity index is 1.44. The molecule has 1 aromatic carbocycles. The van der Waals surface area contributed by atoms with E-state index in [1.807, 2.05) is 25.5 Å². The van der Waals surface area contributed by atoms with E-state index in [0.717, 1.165) is 30.7 Å². The zero-order valence-corrected chi connectivity index (χ0v) is 19.9. The number of hydrogen-bond donors (Lipinski definition) is 3. The minimum Gasteiger partial charge on any atom is -0.352 e. The van der Waals surface area contributed by atoms with Crippen LogP contribution in [0.15, 0.2) is 23.1 Å². The van der Waals surface area contributed by atoms with Crippen molar-refractivity contribution in [2.75, 3.05) is 19.6 Å². The topological polar surface area (TPSA) is 108 Å². The van der Waals surface area contributed by atoms with Gasteiger partial charge in [-0.15, -0.1) is 0 Å². The molecule has 2 aromatic rings. The fraction of sp³-hybridized carbons (Fsp3) is 0.636. The number of hydrogen-bond acceptors (Lipinski definition) is 6. The summed E-state index contributed by atoms with van der Waals surface area (Å²) in [5.74, 6) is 1.38. The monoisotopic (exact) mass is 462 g/mol. The predicted octanol–water partition coefficient (Wildman–Crippen LogP) is 1.30. The van der Waals surface area contributed by atoms with Gasteiger partial charge in [-0.05, 0) is 37.0 Å². The Kier molecular flexibility index (Phi) is 6.85. The lowest BCUT2D eigenvalue weighted by atomic mass is 9.82. The van der Waals surface area contributed by atoms with Gasteiger partial charge in [0.25, 0.3) is 0 Å². The van der Waals surface area contributed by atoms with Crippen molar-refractivity contribution in [3.63, 3.8) is 0 Å². The van der Waals surface area contributed by atoms with Gasteiger partial charge in [0.15, 0.2) is 0 Å². The average Bonchev–Trinajstić information content (AvgIpc) is 3.38. The molecule has 0 bridgehead atoms. The molecule has 1 saturated heterocycles. The maximum atomic E-state index is 12.8. The van der Waals surface area contributed by atoms with Gasteiger partial charge in [0.05, 0.1) is 15.9 Å². The van der Waals surface area contributed by atoms with Crippen LogP contribution in [0.4, 0.5) is 0 Å². The smallest absolute Gasteiger partial charge is 0.243 e. The average molecular weight is 463 g/mol. The molecule has 9 nitrogen and oxygen atoms in total. The van der Waals surface area contributed by atoms with Gasteiger partial charge in [-0.3, -0.25) is 15.6 Å². The number of benzene rings is 1. The normalized spacial score (nSPS) is 23.6. The van der Waals surface area contributed by atoms with Gasteiger partial charge < -0.3 is 9.88 Å². The Morgan fingerprint density at radius 3 is 2.81 bits per heavy atom. The van der Waals surface area contributed by atoms with E-state index in [-0.39, 0.29) is 16.8 Å². The van der Waals surface area contributed by atoms with Crippen LogP contribution in [0.1, 0.15) is 45.4 Å². The number of fused-ring (bicyclic) bond motifs is 2. The zero-order chi connectivity index (χ0) is 22.9. The molecule has 2 heterocycles. The summed E-state index contributed by atoms with van der Waals surface area (Å²) in [4.78, 5) is 17.5. The van der Waals surface area contributed by atoms with Crippen LogP contribution in [0.2, 0.25) is 0 Å². The van der Waals surface area contributed by atoms with Crippen molar-refractivity contribution in [2.45, 2.75) is 62.9 Å². The van der Waals surface area contributed by atoms with E-state index in [1.54, 1.807) is 18.2 Å². The molecule has 3 N–H and O–H groups in total. The maximum absolute atomic E-state index is 12.8. The van der Waals surface area contributed by atoms with Gasteiger partial charge in [-0.25, -0.2) is 13.4 Å². The molecular formula is C22H34N6O3S. The summed E-state index contributed by atoms with van der Waals surface area (Å²) in [6, 6.07) is 5.52. The van der Waals surface area contributed by atoms with Crippen molar-refractivity contribution in [3.8, 4) is 0 Å². The second-order valence-corrected chi connectivity index (χ2v) is 10.7. The Morgan fingerprint density at radius 1 is 1.28 bits per heavy atom. The van der Waals surface area contributed by atoms with Gasteiger partial charge in [0.2, 0.25) is 15.9 Å². The molecule has 1 saturated carbocycles. The molecule has 1 amide bonds. The van der Waals surface area contributed by atoms with Crippen molar-refractivity contribution >= 4 is 27.0 Å². The SMILES string of the molecule is CCN(CC)S(=O)(=O)c1ccc2c(c1)nc(CCC(=O)NC1CCCC3CNNC31)n2C. The molecule has 1 aromatic heterocycles. The quantitative estimate of drug-likeness (QED) is 0.546. The van der Waals surface area contributed by atoms with E-state index in [0.29, 0.717) is 43.4 Å². The van der Waals surface area contributed by atoms with Crippen molar-refractivity contribution < 1.29 is 13.2 Å². The number of carbonyl (C=O) groups is 1. The zero-order valence-electron chi connectivity index (χ0n) is 19.1. The molecule has 32 heavy (non-hydrogen) atoms. The molecule has 1 aliphatic heterocycles. The van der Waals surface area contributed by atoms with E-state index in [4.69, 9.17) is 0 Å². The maximum Gasteiger partial charge on any atom is 0.243 e. The molecule has 2 aliphatic rings. The third-order valence-corrected chi connectivity index (χ3v) is 8.92. The van der Waals surface area contributed by atoms with E-state index in [1.165, 1.54) is 10.7 Å². The van der Waals surface area contributed by atoms with E-state index in [9.17, 15) is 13.2 Å². The number of amides is 1. The molecule has 10 heteroatoms. The number of carbonyl (C=O) groups excluding carboxylic acids is 1. The summed E-state index contributed by atoms with van der Waals surface area (Å²) < 4.78 is 29.1. The highest BCUT2D eigenvalue weighted by Gasteiger charge is 2.37. The largest absolute Gasteiger partial charge is 0.352 e. The first-order chi connectivity index (χ1) is 15.3. The number of aryl methyl sites for hydroxylation is 2. The van der Waals surface area contributed by atoms with Crippen molar-refractivity contribution in [1.29, 1.82) is 0 Å². The highest BCUT2D eigenvalue weighted by molar-refractivity contribution is 7.89. The predicted molar refractivity (Wildman–Crippen MR) is 123 cm³/mol. The Bertz CT molecular complexity index is 1080. The summed E-state index contributed by atoms with van der Waals surface area (Å²) in [5, 5.41) is 3.20. The van der Waals surface area contributed by atoms with Crippen LogP contribution in [-0.4, -0.2) is 59.9 Å². The van der Waals surface area contributed by atoms with Crippen LogP contribution in [-0.2, 0) is 28.3 Å². The van der Waals surface area contributed by atoms with Gasteiger partial charge >= 0.3 is 0 Å². The third-order valence-electron chi connectivity index (χ3n) is 6.87. The third kappa shape index (κ3) is 4.41. The molecule has 0 spiro atoms. The van der Waals surface area contributed by atoms with Crippen LogP contribution in [0.5, 0.6) is 0 Å². The van der Waals surface area contributed by atoms with Crippen LogP contribution in [0.25, 0.3) is 11.0 Å². The summed E-state index contributed by atoms with van der Waals surface area (Å²) in [7, 11) is -1.63. The fourth-order valence-electron chi connectivity index (χ4n) is 5.04. The molecule has 3 atom stereocenters. The molecular weight excluding hydrogens is 428 g/mol. The molecule has 4 rings (SSSR count). The van der Waals surface area contributed by atoms with Crippen molar-refractivity contribution in [3.05, 3.63) is 24.0 Å². The summed E-state index contributed by atoms with van der Waals surface area (Å²) in [6.07, 6.45) is 4.18. The lowest BCUT2D eigenvalue weighted by Gasteiger charge is -2.33. The summed E-state index contributed by atoms with van der Waals surface area (Å²) in [5.41, 5.74) is 8.02. The van der Waals surface area contributed by atoms with Crippen LogP contribution in [0.3, 0.4) is 0 Å². The minimum absolute atomic E-state index is 0.0289. The van der Waals surface area contributed by atoms with E-state index >= 15 is 0 Å². The van der Waals surface area contributed by atoms with Gasteiger partial charge in [-0.1, -0.05) is 20.3 Å². The van der Waals surface area contributed by atoms with Crippen molar-refractivity contribution in [1.82, 2.24) is 30.0 Å². The molecule has 176 valence electrons. The van der Waals surface area contributed by atoms with Crippen LogP contribution in [0, 0.1) is 5.92 Å². The number of hydrazine groups is 1. The first kappa shape index (κ1) is 23.2. The Hall–Kier alpha value is -2.01. The molecule has 3 unspecified atom stereocenters. The lowest BCUT2D eigenvalue weighted by molar-refractivity contribution is -0.122. The molecule has 0 radical (unpaired) electrons. The van der Waals surface area contributed by atoms with Gasteiger partial charge in [0.1, 0.15) is 5.82 Å². The highest BCUT2D eigenvalue weighted by atomic mass is 32.2. The summed E-state index contributed by atoms with van der Waals surface area (Å²) >= 11 is 0. The van der Waals surface area contributed by atoms with Crippen molar-refractivity contribution in [2.24, 2.45) is 13.0 Å². The molecule has 2 fully saturated rings. The number of aromatic nitrogens is 2. The number of nitrogens with one attached hydrogen (secondary N) is 3. The first-order valence-corrected chi connectivity index (χ1v) is 13.0. The van der Waals surface area contributed by atoms with E-state index < -0.39 is 10.0 Å². The highest BCUT2D eigenvalue weighted by Crippen LogP contribution is 2.27. The minimum atomic E-state index is -3.54. The Morgan fingerprint density at radius 2 is 2.06 bits per heavy atom. The first-order valence-electron chi connectivity index (χ1n) is 11.6. The number of nitrogens with zero attached hydrogens (tertiary/aromatic N) is 3. The lowest BCUT2D eigenvalue weighted by Crippen LogP contribution is -2.53. The number of sulfonamides is 1. The second-order valence-electron chi connectivity index (χ2n) is 8.74. The molecule has 1 aliphatic carbocycles. The van der Waals surface area contributed by atoms with Gasteiger partial charge in [0, 0.05) is 51.6 Å². The number of rotatable bonds is 8. The van der Waals surface area contributed by atoms with E-state index in [2.05, 4.69) is 21.2 Å². The fourth-order valence-corrected chi connectivity index (χ4v) is 6.51. The van der Waals surface area contributed by atoms with Crippen LogP contribution >= 0.6 is 0 Å². The summed E-state index contributed by atoms with van der Waals surface area (Å²) in [6.45, 7) is 5.47.